The Kier molecular flexibility index (Phi) is 4.93. The van der Waals surface area contributed by atoms with Gasteiger partial charge in [0.05, 0.1) is 17.6 Å². The molecule has 0 fully saturated rings. The summed E-state index contributed by atoms with van der Waals surface area (Å²) in [5.74, 6) is -1.06. The number of para-hydroxylation sites is 1. The van der Waals surface area contributed by atoms with E-state index in [0.717, 1.165) is 0 Å². The number of carbonyl (C=O) groups excluding carboxylic acids is 2. The molecular formula is C13H13NO5. The molecule has 19 heavy (non-hydrogen) atoms. The molecular weight excluding hydrogens is 250 g/mol. The maximum absolute atomic E-state index is 11.7. The first-order valence-electron chi connectivity index (χ1n) is 5.47. The fraction of sp³-hybridized carbons (Fsp3) is 0.231. The van der Waals surface area contributed by atoms with E-state index < -0.39 is 16.7 Å². The number of carbonyl (C=O) groups is 2. The number of methoxy groups -OCH3 is 1. The molecule has 0 saturated carbocycles. The van der Waals surface area contributed by atoms with Gasteiger partial charge < -0.3 is 4.74 Å². The number of benzene rings is 1. The summed E-state index contributed by atoms with van der Waals surface area (Å²) in [7, 11) is 1.19. The zero-order valence-electron chi connectivity index (χ0n) is 10.6. The molecule has 1 rings (SSSR count). The fourth-order valence-electron chi connectivity index (χ4n) is 1.43. The first-order chi connectivity index (χ1) is 8.95. The Bertz CT molecular complexity index is 548. The molecule has 0 radical (unpaired) electrons. The van der Waals surface area contributed by atoms with Crippen LogP contribution in [0.25, 0.3) is 6.08 Å². The second-order valence-corrected chi connectivity index (χ2v) is 3.82. The van der Waals surface area contributed by atoms with Crippen LogP contribution >= 0.6 is 0 Å². The highest BCUT2D eigenvalue weighted by Crippen LogP contribution is 2.21. The highest BCUT2D eigenvalue weighted by Gasteiger charge is 2.14. The predicted octanol–water partition coefficient (Wildman–Crippen LogP) is 2.13. The van der Waals surface area contributed by atoms with Crippen molar-refractivity contribution in [2.45, 2.75) is 13.3 Å². The van der Waals surface area contributed by atoms with E-state index in [-0.39, 0.29) is 17.7 Å². The minimum atomic E-state index is -0.639. The summed E-state index contributed by atoms with van der Waals surface area (Å²) in [5, 5.41) is 10.8. The van der Waals surface area contributed by atoms with Crippen molar-refractivity contribution in [3.8, 4) is 0 Å². The third kappa shape index (κ3) is 4.02. The SMILES string of the molecule is COC(=O)CC(=O)C(C)=Cc1ccccc1[N+](=O)[O-]. The summed E-state index contributed by atoms with van der Waals surface area (Å²) in [5.41, 5.74) is 0.496. The second kappa shape index (κ2) is 6.44. The Balaban J connectivity index is 2.99. The molecule has 0 aliphatic carbocycles. The lowest BCUT2D eigenvalue weighted by Gasteiger charge is -2.01. The van der Waals surface area contributed by atoms with Crippen molar-refractivity contribution in [1.82, 2.24) is 0 Å². The Morgan fingerprint density at radius 1 is 1.37 bits per heavy atom. The van der Waals surface area contributed by atoms with Gasteiger partial charge in [0.15, 0.2) is 5.78 Å². The van der Waals surface area contributed by atoms with Gasteiger partial charge in [-0.3, -0.25) is 19.7 Å². The van der Waals surface area contributed by atoms with E-state index in [1.54, 1.807) is 12.1 Å². The van der Waals surface area contributed by atoms with Crippen LogP contribution in [0.1, 0.15) is 18.9 Å². The summed E-state index contributed by atoms with van der Waals surface area (Å²) < 4.78 is 4.39. The van der Waals surface area contributed by atoms with Crippen molar-refractivity contribution < 1.29 is 19.2 Å². The number of Topliss-reactive ketones (excluding diaryl/α,β-unsaturated/α-hetero) is 1. The van der Waals surface area contributed by atoms with Crippen LogP contribution in [0, 0.1) is 10.1 Å². The predicted molar refractivity (Wildman–Crippen MR) is 68.4 cm³/mol. The van der Waals surface area contributed by atoms with Gasteiger partial charge in [-0.25, -0.2) is 0 Å². The molecule has 1 aromatic carbocycles. The lowest BCUT2D eigenvalue weighted by atomic mass is 10.1. The number of allylic oxidation sites excluding steroid dienone is 1. The van der Waals surface area contributed by atoms with Crippen LogP contribution < -0.4 is 0 Å². The maximum Gasteiger partial charge on any atom is 0.313 e. The van der Waals surface area contributed by atoms with Crippen molar-refractivity contribution in [2.75, 3.05) is 7.11 Å². The number of nitro groups is 1. The third-order valence-electron chi connectivity index (χ3n) is 2.48. The molecule has 0 saturated heterocycles. The van der Waals surface area contributed by atoms with E-state index >= 15 is 0 Å². The highest BCUT2D eigenvalue weighted by molar-refractivity contribution is 6.07. The van der Waals surface area contributed by atoms with Crippen LogP contribution in [0.3, 0.4) is 0 Å². The molecule has 0 unspecified atom stereocenters. The van der Waals surface area contributed by atoms with Crippen LogP contribution in [0.5, 0.6) is 0 Å². The standard InChI is InChI=1S/C13H13NO5/c1-9(12(15)8-13(16)19-2)7-10-5-3-4-6-11(10)14(17)18/h3-7H,8H2,1-2H3. The van der Waals surface area contributed by atoms with E-state index in [1.807, 2.05) is 0 Å². The normalized spacial score (nSPS) is 10.9. The van der Waals surface area contributed by atoms with Crippen molar-refractivity contribution in [3.63, 3.8) is 0 Å². The van der Waals surface area contributed by atoms with Gasteiger partial charge in [0, 0.05) is 6.07 Å². The van der Waals surface area contributed by atoms with Crippen molar-refractivity contribution in [3.05, 3.63) is 45.5 Å². The first-order valence-corrected chi connectivity index (χ1v) is 5.47. The Morgan fingerprint density at radius 3 is 2.58 bits per heavy atom. The van der Waals surface area contributed by atoms with Gasteiger partial charge in [0.2, 0.25) is 0 Å². The summed E-state index contributed by atoms with van der Waals surface area (Å²) >= 11 is 0. The zero-order valence-corrected chi connectivity index (χ0v) is 10.6. The van der Waals surface area contributed by atoms with Gasteiger partial charge >= 0.3 is 5.97 Å². The van der Waals surface area contributed by atoms with Gasteiger partial charge in [0.25, 0.3) is 5.69 Å². The molecule has 6 heteroatoms. The van der Waals surface area contributed by atoms with Crippen LogP contribution in [0.4, 0.5) is 5.69 Å². The van der Waals surface area contributed by atoms with Crippen LogP contribution in [0.15, 0.2) is 29.8 Å². The average Bonchev–Trinajstić information content (AvgIpc) is 2.38. The van der Waals surface area contributed by atoms with Gasteiger partial charge in [-0.2, -0.15) is 0 Å². The van der Waals surface area contributed by atoms with E-state index in [0.29, 0.717) is 5.56 Å². The second-order valence-electron chi connectivity index (χ2n) is 3.82. The third-order valence-corrected chi connectivity index (χ3v) is 2.48. The molecule has 0 aliphatic heterocycles. The molecule has 0 aromatic heterocycles. The molecule has 0 N–H and O–H groups in total. The zero-order chi connectivity index (χ0) is 14.4. The molecule has 0 aliphatic rings. The lowest BCUT2D eigenvalue weighted by Crippen LogP contribution is -2.10. The quantitative estimate of drug-likeness (QED) is 0.267. The maximum atomic E-state index is 11.7. The number of esters is 1. The Labute approximate surface area is 109 Å². The number of nitro benzene ring substituents is 1. The van der Waals surface area contributed by atoms with Crippen LogP contribution in [-0.4, -0.2) is 23.8 Å². The topological polar surface area (TPSA) is 86.5 Å². The Morgan fingerprint density at radius 2 is 2.00 bits per heavy atom. The van der Waals surface area contributed by atoms with E-state index in [9.17, 15) is 19.7 Å². The first kappa shape index (κ1) is 14.6. The summed E-state index contributed by atoms with van der Waals surface area (Å²) in [6, 6.07) is 6.06. The summed E-state index contributed by atoms with van der Waals surface area (Å²) in [4.78, 5) is 32.9. The van der Waals surface area contributed by atoms with Gasteiger partial charge in [-0.15, -0.1) is 0 Å². The van der Waals surface area contributed by atoms with Crippen molar-refractivity contribution in [1.29, 1.82) is 0 Å². The number of ether oxygens (including phenoxy) is 1. The van der Waals surface area contributed by atoms with Crippen molar-refractivity contribution in [2.24, 2.45) is 0 Å². The molecule has 0 spiro atoms. The number of hydrogen-bond acceptors (Lipinski definition) is 5. The van der Waals surface area contributed by atoms with Gasteiger partial charge in [-0.05, 0) is 24.6 Å². The molecule has 1 aromatic rings. The molecule has 6 nitrogen and oxygen atoms in total. The molecule has 100 valence electrons. The number of nitrogens with zero attached hydrogens (tertiary/aromatic N) is 1. The van der Waals surface area contributed by atoms with Gasteiger partial charge in [0.1, 0.15) is 6.42 Å². The number of rotatable bonds is 5. The minimum absolute atomic E-state index is 0.0901. The molecule has 0 bridgehead atoms. The molecule has 0 heterocycles. The minimum Gasteiger partial charge on any atom is -0.469 e. The van der Waals surface area contributed by atoms with E-state index in [1.165, 1.54) is 32.2 Å². The van der Waals surface area contributed by atoms with Crippen molar-refractivity contribution >= 4 is 23.5 Å². The summed E-state index contributed by atoms with van der Waals surface area (Å²) in [6.45, 7) is 1.50. The van der Waals surface area contributed by atoms with E-state index in [2.05, 4.69) is 4.74 Å². The lowest BCUT2D eigenvalue weighted by molar-refractivity contribution is -0.385. The largest absolute Gasteiger partial charge is 0.469 e. The summed E-state index contributed by atoms with van der Waals surface area (Å²) in [6.07, 6.45) is 1.02. The fourth-order valence-corrected chi connectivity index (χ4v) is 1.43. The number of ketones is 1. The highest BCUT2D eigenvalue weighted by atomic mass is 16.6. The van der Waals surface area contributed by atoms with E-state index in [4.69, 9.17) is 0 Å². The Hall–Kier alpha value is -2.50. The molecule has 0 amide bonds. The average molecular weight is 263 g/mol. The van der Waals surface area contributed by atoms with Gasteiger partial charge in [-0.1, -0.05) is 12.1 Å². The number of hydrogen-bond donors (Lipinski definition) is 0. The van der Waals surface area contributed by atoms with Crippen LogP contribution in [-0.2, 0) is 14.3 Å². The monoisotopic (exact) mass is 263 g/mol. The van der Waals surface area contributed by atoms with Crippen LogP contribution in [0.2, 0.25) is 0 Å². The molecule has 0 atom stereocenters. The smallest absolute Gasteiger partial charge is 0.313 e.